The number of fused-ring (bicyclic) bond motifs is 4. The third-order valence-corrected chi connectivity index (χ3v) is 5.45. The van der Waals surface area contributed by atoms with Crippen molar-refractivity contribution in [1.29, 1.82) is 0 Å². The number of carbonyl (C=O) groups is 1. The van der Waals surface area contributed by atoms with Gasteiger partial charge in [0.25, 0.3) is 0 Å². The standard InChI is InChI=1S/C21H22O5/c1-23-15-5-4-12-7-18-14(11-26-21(18)22)6-13-8-19(24-2)20(25-3)10-17(13)16(12)9-15/h4-5,8-10,14,18H,6-7,11H2,1-3H3/t14-,18+/m0/s1. The van der Waals surface area contributed by atoms with E-state index < -0.39 is 0 Å². The van der Waals surface area contributed by atoms with E-state index in [0.29, 0.717) is 24.5 Å². The van der Waals surface area contributed by atoms with Crippen molar-refractivity contribution >= 4 is 5.97 Å². The number of ether oxygens (including phenoxy) is 4. The SMILES string of the molecule is COc1ccc2c(c1)-c1cc(OC)c(OC)cc1C[C@H]1COC(=O)[C@@H]1C2. The van der Waals surface area contributed by atoms with Crippen molar-refractivity contribution in [2.75, 3.05) is 27.9 Å². The average Bonchev–Trinajstić information content (AvgIpc) is 2.99. The van der Waals surface area contributed by atoms with E-state index in [1.54, 1.807) is 21.3 Å². The van der Waals surface area contributed by atoms with Gasteiger partial charge in [0.2, 0.25) is 0 Å². The first-order valence-corrected chi connectivity index (χ1v) is 8.73. The lowest BCUT2D eigenvalue weighted by molar-refractivity contribution is -0.141. The summed E-state index contributed by atoms with van der Waals surface area (Å²) in [6.07, 6.45) is 1.44. The summed E-state index contributed by atoms with van der Waals surface area (Å²) in [4.78, 5) is 12.3. The third kappa shape index (κ3) is 2.68. The normalized spacial score (nSPS) is 20.8. The second-order valence-corrected chi connectivity index (χ2v) is 6.79. The van der Waals surface area contributed by atoms with Crippen LogP contribution in [0.15, 0.2) is 30.3 Å². The van der Waals surface area contributed by atoms with Crippen LogP contribution in [0, 0.1) is 11.8 Å². The van der Waals surface area contributed by atoms with Gasteiger partial charge in [-0.05, 0) is 59.4 Å². The van der Waals surface area contributed by atoms with Crippen LogP contribution in [0.4, 0.5) is 0 Å². The van der Waals surface area contributed by atoms with E-state index >= 15 is 0 Å². The average molecular weight is 354 g/mol. The first kappa shape index (κ1) is 16.8. The highest BCUT2D eigenvalue weighted by atomic mass is 16.5. The number of hydrogen-bond acceptors (Lipinski definition) is 5. The summed E-state index contributed by atoms with van der Waals surface area (Å²) >= 11 is 0. The number of rotatable bonds is 3. The molecule has 2 aromatic carbocycles. The molecule has 0 radical (unpaired) electrons. The van der Waals surface area contributed by atoms with Crippen molar-refractivity contribution < 1.29 is 23.7 Å². The molecule has 5 heteroatoms. The molecule has 4 rings (SSSR count). The van der Waals surface area contributed by atoms with Gasteiger partial charge in [0, 0.05) is 5.92 Å². The molecular weight excluding hydrogens is 332 g/mol. The zero-order chi connectivity index (χ0) is 18.3. The maximum atomic E-state index is 12.3. The van der Waals surface area contributed by atoms with E-state index in [-0.39, 0.29) is 17.8 Å². The molecule has 1 fully saturated rings. The van der Waals surface area contributed by atoms with E-state index in [4.69, 9.17) is 18.9 Å². The summed E-state index contributed by atoms with van der Waals surface area (Å²) in [5, 5.41) is 0. The Labute approximate surface area is 152 Å². The van der Waals surface area contributed by atoms with Gasteiger partial charge in [-0.2, -0.15) is 0 Å². The molecular formula is C21H22O5. The zero-order valence-electron chi connectivity index (χ0n) is 15.2. The van der Waals surface area contributed by atoms with Crippen LogP contribution in [0.2, 0.25) is 0 Å². The molecule has 5 nitrogen and oxygen atoms in total. The second kappa shape index (κ2) is 6.56. The summed E-state index contributed by atoms with van der Waals surface area (Å²) in [5.74, 6) is 2.14. The van der Waals surface area contributed by atoms with E-state index in [0.717, 1.165) is 34.4 Å². The third-order valence-electron chi connectivity index (χ3n) is 5.45. The summed E-state index contributed by atoms with van der Waals surface area (Å²) in [6, 6.07) is 10.0. The van der Waals surface area contributed by atoms with Gasteiger partial charge in [0.15, 0.2) is 11.5 Å². The Balaban J connectivity index is 1.94. The molecule has 2 aliphatic rings. The molecule has 2 aromatic rings. The molecule has 0 aromatic heterocycles. The van der Waals surface area contributed by atoms with Crippen LogP contribution < -0.4 is 14.2 Å². The highest BCUT2D eigenvalue weighted by Crippen LogP contribution is 2.43. The van der Waals surface area contributed by atoms with E-state index in [1.165, 1.54) is 0 Å². The van der Waals surface area contributed by atoms with E-state index in [9.17, 15) is 4.79 Å². The molecule has 0 saturated carbocycles. The Kier molecular flexibility index (Phi) is 4.23. The molecule has 26 heavy (non-hydrogen) atoms. The molecule has 1 heterocycles. The molecule has 1 aliphatic heterocycles. The minimum Gasteiger partial charge on any atom is -0.497 e. The van der Waals surface area contributed by atoms with Crippen LogP contribution in [-0.4, -0.2) is 33.9 Å². The second-order valence-electron chi connectivity index (χ2n) is 6.79. The molecule has 0 amide bonds. The monoisotopic (exact) mass is 354 g/mol. The van der Waals surface area contributed by atoms with Gasteiger partial charge >= 0.3 is 5.97 Å². The van der Waals surface area contributed by atoms with Gasteiger partial charge in [0.05, 0.1) is 33.9 Å². The van der Waals surface area contributed by atoms with Crippen LogP contribution in [0.3, 0.4) is 0 Å². The summed E-state index contributed by atoms with van der Waals surface area (Å²) in [7, 11) is 4.93. The van der Waals surface area contributed by atoms with Crippen LogP contribution in [-0.2, 0) is 22.4 Å². The van der Waals surface area contributed by atoms with Crippen LogP contribution in [0.25, 0.3) is 11.1 Å². The minimum atomic E-state index is -0.108. The molecule has 2 atom stereocenters. The Hall–Kier alpha value is -2.69. The van der Waals surface area contributed by atoms with Crippen LogP contribution in [0.1, 0.15) is 11.1 Å². The van der Waals surface area contributed by atoms with Crippen LogP contribution >= 0.6 is 0 Å². The summed E-state index contributed by atoms with van der Waals surface area (Å²) in [5.41, 5.74) is 4.41. The maximum absolute atomic E-state index is 12.3. The number of cyclic esters (lactones) is 1. The number of hydrogen-bond donors (Lipinski definition) is 0. The smallest absolute Gasteiger partial charge is 0.309 e. The molecule has 136 valence electrons. The summed E-state index contributed by atoms with van der Waals surface area (Å²) < 4.78 is 21.8. The zero-order valence-corrected chi connectivity index (χ0v) is 15.2. The maximum Gasteiger partial charge on any atom is 0.309 e. The molecule has 1 saturated heterocycles. The predicted molar refractivity (Wildman–Crippen MR) is 96.9 cm³/mol. The van der Waals surface area contributed by atoms with Crippen molar-refractivity contribution in [3.63, 3.8) is 0 Å². The van der Waals surface area contributed by atoms with Gasteiger partial charge in [-0.3, -0.25) is 4.79 Å². The van der Waals surface area contributed by atoms with Gasteiger partial charge in [-0.1, -0.05) is 6.07 Å². The fourth-order valence-electron chi connectivity index (χ4n) is 4.03. The van der Waals surface area contributed by atoms with Gasteiger partial charge in [-0.25, -0.2) is 0 Å². The van der Waals surface area contributed by atoms with E-state index in [1.807, 2.05) is 30.3 Å². The van der Waals surface area contributed by atoms with E-state index in [2.05, 4.69) is 0 Å². The molecule has 0 spiro atoms. The Bertz CT molecular complexity index is 858. The van der Waals surface area contributed by atoms with Crippen molar-refractivity contribution in [1.82, 2.24) is 0 Å². The highest BCUT2D eigenvalue weighted by molar-refractivity contribution is 5.80. The number of benzene rings is 2. The molecule has 1 aliphatic carbocycles. The van der Waals surface area contributed by atoms with Crippen molar-refractivity contribution in [3.05, 3.63) is 41.5 Å². The van der Waals surface area contributed by atoms with Crippen molar-refractivity contribution in [3.8, 4) is 28.4 Å². The van der Waals surface area contributed by atoms with Crippen molar-refractivity contribution in [2.24, 2.45) is 11.8 Å². The fraction of sp³-hybridized carbons (Fsp3) is 0.381. The minimum absolute atomic E-state index is 0.0966. The Morgan fingerprint density at radius 2 is 1.62 bits per heavy atom. The highest BCUT2D eigenvalue weighted by Gasteiger charge is 2.39. The quantitative estimate of drug-likeness (QED) is 0.792. The van der Waals surface area contributed by atoms with Gasteiger partial charge in [0.1, 0.15) is 5.75 Å². The number of carbonyl (C=O) groups excluding carboxylic acids is 1. The lowest BCUT2D eigenvalue weighted by Crippen LogP contribution is -2.23. The molecule has 0 unspecified atom stereocenters. The van der Waals surface area contributed by atoms with Crippen molar-refractivity contribution in [2.45, 2.75) is 12.8 Å². The summed E-state index contributed by atoms with van der Waals surface area (Å²) in [6.45, 7) is 0.475. The van der Waals surface area contributed by atoms with Gasteiger partial charge < -0.3 is 18.9 Å². The van der Waals surface area contributed by atoms with Gasteiger partial charge in [-0.15, -0.1) is 0 Å². The lowest BCUT2D eigenvalue weighted by atomic mass is 9.78. The molecule has 0 N–H and O–H groups in total. The van der Waals surface area contributed by atoms with Crippen LogP contribution in [0.5, 0.6) is 17.2 Å². The Morgan fingerprint density at radius 3 is 2.35 bits per heavy atom. The first-order valence-electron chi connectivity index (χ1n) is 8.73. The topological polar surface area (TPSA) is 54.0 Å². The number of methoxy groups -OCH3 is 3. The predicted octanol–water partition coefficient (Wildman–Crippen LogP) is 3.27. The molecule has 0 bridgehead atoms. The lowest BCUT2D eigenvalue weighted by Gasteiger charge is -2.25. The number of esters is 1. The fourth-order valence-corrected chi connectivity index (χ4v) is 4.03. The Morgan fingerprint density at radius 1 is 0.885 bits per heavy atom. The largest absolute Gasteiger partial charge is 0.497 e. The first-order chi connectivity index (χ1) is 12.6.